The zero-order valence-corrected chi connectivity index (χ0v) is 9.48. The van der Waals surface area contributed by atoms with E-state index in [4.69, 9.17) is 10.8 Å². The molecule has 0 radical (unpaired) electrons. The van der Waals surface area contributed by atoms with Crippen LogP contribution in [0.4, 0.5) is 0 Å². The molecule has 1 fully saturated rings. The first-order valence-electron chi connectivity index (χ1n) is 5.21. The summed E-state index contributed by atoms with van der Waals surface area (Å²) < 4.78 is 0. The van der Waals surface area contributed by atoms with Gasteiger partial charge in [-0.1, -0.05) is 13.3 Å². The van der Waals surface area contributed by atoms with Gasteiger partial charge < -0.3 is 10.8 Å². The van der Waals surface area contributed by atoms with Crippen LogP contribution in [0.5, 0.6) is 0 Å². The van der Waals surface area contributed by atoms with Gasteiger partial charge in [0.05, 0.1) is 0 Å². The topological polar surface area (TPSA) is 63.3 Å². The molecule has 0 aromatic heterocycles. The van der Waals surface area contributed by atoms with Crippen molar-refractivity contribution in [1.29, 1.82) is 0 Å². The molecule has 14 heavy (non-hydrogen) atoms. The van der Waals surface area contributed by atoms with Gasteiger partial charge in [-0.2, -0.15) is 11.8 Å². The lowest BCUT2D eigenvalue weighted by atomic mass is 9.86. The highest BCUT2D eigenvalue weighted by atomic mass is 32.2. The number of thioether (sulfide) groups is 1. The predicted molar refractivity (Wildman–Crippen MR) is 59.5 cm³/mol. The molecule has 0 saturated heterocycles. The van der Waals surface area contributed by atoms with Crippen LogP contribution >= 0.6 is 11.8 Å². The Morgan fingerprint density at radius 3 is 3.00 bits per heavy atom. The maximum atomic E-state index is 11.0. The van der Waals surface area contributed by atoms with Gasteiger partial charge in [0.15, 0.2) is 0 Å². The maximum absolute atomic E-state index is 11.0. The molecule has 0 amide bonds. The maximum Gasteiger partial charge on any atom is 0.323 e. The Labute approximate surface area is 89.4 Å². The first-order valence-corrected chi connectivity index (χ1v) is 6.36. The van der Waals surface area contributed by atoms with Crippen molar-refractivity contribution >= 4 is 17.7 Å². The third-order valence-corrected chi connectivity index (χ3v) is 4.02. The minimum absolute atomic E-state index is 0.180. The van der Waals surface area contributed by atoms with Crippen molar-refractivity contribution in [2.75, 3.05) is 11.5 Å². The van der Waals surface area contributed by atoms with Crippen LogP contribution in [0.25, 0.3) is 0 Å². The monoisotopic (exact) mass is 217 g/mol. The van der Waals surface area contributed by atoms with Gasteiger partial charge in [-0.15, -0.1) is 0 Å². The summed E-state index contributed by atoms with van der Waals surface area (Å²) in [4.78, 5) is 11.0. The van der Waals surface area contributed by atoms with Crippen LogP contribution in [-0.4, -0.2) is 28.1 Å². The molecule has 1 aliphatic carbocycles. The first-order chi connectivity index (χ1) is 6.61. The largest absolute Gasteiger partial charge is 0.480 e. The van der Waals surface area contributed by atoms with Crippen molar-refractivity contribution in [3.8, 4) is 0 Å². The van der Waals surface area contributed by atoms with E-state index in [-0.39, 0.29) is 5.92 Å². The van der Waals surface area contributed by atoms with E-state index < -0.39 is 11.5 Å². The Morgan fingerprint density at radius 2 is 2.43 bits per heavy atom. The summed E-state index contributed by atoms with van der Waals surface area (Å²) in [5, 5.41) is 9.07. The molecule has 2 atom stereocenters. The number of carboxylic acids is 1. The summed E-state index contributed by atoms with van der Waals surface area (Å²) in [5.41, 5.74) is 4.98. The third kappa shape index (κ3) is 2.42. The molecule has 0 aromatic rings. The first kappa shape index (κ1) is 11.9. The Morgan fingerprint density at radius 1 is 1.71 bits per heavy atom. The Kier molecular flexibility index (Phi) is 4.26. The number of rotatable bonds is 5. The molecule has 0 bridgehead atoms. The molecule has 2 unspecified atom stereocenters. The Hall–Kier alpha value is -0.220. The molecule has 0 aliphatic heterocycles. The van der Waals surface area contributed by atoms with E-state index >= 15 is 0 Å². The van der Waals surface area contributed by atoms with Crippen molar-refractivity contribution in [2.24, 2.45) is 11.7 Å². The fourth-order valence-corrected chi connectivity index (χ4v) is 2.90. The van der Waals surface area contributed by atoms with Crippen LogP contribution in [0.15, 0.2) is 0 Å². The van der Waals surface area contributed by atoms with Gasteiger partial charge >= 0.3 is 5.97 Å². The standard InChI is InChI=1S/C10H19NO2S/c1-2-14-7-5-8-4-3-6-10(8,11)9(12)13/h8H,2-7,11H2,1H3,(H,12,13). The van der Waals surface area contributed by atoms with Crippen molar-refractivity contribution in [3.63, 3.8) is 0 Å². The lowest BCUT2D eigenvalue weighted by Crippen LogP contribution is -2.51. The van der Waals surface area contributed by atoms with Crippen LogP contribution in [0.1, 0.15) is 32.6 Å². The van der Waals surface area contributed by atoms with E-state index in [1.165, 1.54) is 0 Å². The van der Waals surface area contributed by atoms with E-state index in [2.05, 4.69) is 6.92 Å². The minimum atomic E-state index is -0.936. The van der Waals surface area contributed by atoms with Gasteiger partial charge in [-0.3, -0.25) is 4.79 Å². The van der Waals surface area contributed by atoms with Crippen molar-refractivity contribution in [3.05, 3.63) is 0 Å². The van der Waals surface area contributed by atoms with Gasteiger partial charge in [-0.05, 0) is 36.7 Å². The summed E-state index contributed by atoms with van der Waals surface area (Å²) in [7, 11) is 0. The highest BCUT2D eigenvalue weighted by Crippen LogP contribution is 2.36. The van der Waals surface area contributed by atoms with Crippen molar-refractivity contribution in [1.82, 2.24) is 0 Å². The van der Waals surface area contributed by atoms with Crippen LogP contribution in [0.3, 0.4) is 0 Å². The van der Waals surface area contributed by atoms with E-state index in [9.17, 15) is 4.79 Å². The second-order valence-corrected chi connectivity index (χ2v) is 5.31. The molecule has 1 rings (SSSR count). The van der Waals surface area contributed by atoms with Gasteiger partial charge in [0.1, 0.15) is 5.54 Å². The van der Waals surface area contributed by atoms with E-state index in [0.29, 0.717) is 6.42 Å². The van der Waals surface area contributed by atoms with Crippen molar-refractivity contribution < 1.29 is 9.90 Å². The quantitative estimate of drug-likeness (QED) is 0.688. The molecule has 1 aliphatic rings. The van der Waals surface area contributed by atoms with Crippen LogP contribution in [-0.2, 0) is 4.79 Å². The molecule has 3 nitrogen and oxygen atoms in total. The summed E-state index contributed by atoms with van der Waals surface area (Å²) in [5.74, 6) is 1.49. The molecule has 0 spiro atoms. The Bertz CT molecular complexity index is 210. The molecule has 4 heteroatoms. The second-order valence-electron chi connectivity index (χ2n) is 3.92. The highest BCUT2D eigenvalue weighted by Gasteiger charge is 2.45. The second kappa shape index (κ2) is 5.03. The molecule has 3 N–H and O–H groups in total. The normalized spacial score (nSPS) is 32.0. The number of aliphatic carboxylic acids is 1. The number of carbonyl (C=O) groups is 1. The average molecular weight is 217 g/mol. The van der Waals surface area contributed by atoms with Gasteiger partial charge in [0.2, 0.25) is 0 Å². The number of hydrogen-bond acceptors (Lipinski definition) is 3. The average Bonchev–Trinajstić information content (AvgIpc) is 2.50. The van der Waals surface area contributed by atoms with E-state index in [1.54, 1.807) is 0 Å². The Balaban J connectivity index is 2.46. The minimum Gasteiger partial charge on any atom is -0.480 e. The number of nitrogens with two attached hydrogens (primary N) is 1. The molecule has 1 saturated carbocycles. The molecular weight excluding hydrogens is 198 g/mol. The van der Waals surface area contributed by atoms with Gasteiger partial charge in [0, 0.05) is 0 Å². The smallest absolute Gasteiger partial charge is 0.323 e. The van der Waals surface area contributed by atoms with Crippen LogP contribution < -0.4 is 5.73 Å². The summed E-state index contributed by atoms with van der Waals surface area (Å²) in [6, 6.07) is 0. The third-order valence-electron chi connectivity index (χ3n) is 3.08. The molecule has 0 aromatic carbocycles. The summed E-state index contributed by atoms with van der Waals surface area (Å²) in [6.07, 6.45) is 3.53. The number of carboxylic acid groups (broad SMARTS) is 1. The van der Waals surface area contributed by atoms with Gasteiger partial charge in [-0.25, -0.2) is 0 Å². The zero-order valence-electron chi connectivity index (χ0n) is 8.66. The molecular formula is C10H19NO2S. The van der Waals surface area contributed by atoms with Gasteiger partial charge in [0.25, 0.3) is 0 Å². The van der Waals surface area contributed by atoms with Crippen LogP contribution in [0, 0.1) is 5.92 Å². The SMILES string of the molecule is CCSCCC1CCCC1(N)C(=O)O. The zero-order chi connectivity index (χ0) is 10.6. The number of hydrogen-bond donors (Lipinski definition) is 2. The lowest BCUT2D eigenvalue weighted by molar-refractivity contribution is -0.144. The predicted octanol–water partition coefficient (Wildman–Crippen LogP) is 1.71. The molecule has 0 heterocycles. The van der Waals surface area contributed by atoms with Crippen molar-refractivity contribution in [2.45, 2.75) is 38.1 Å². The summed E-state index contributed by atoms with van der Waals surface area (Å²) >= 11 is 1.86. The summed E-state index contributed by atoms with van der Waals surface area (Å²) in [6.45, 7) is 2.12. The fourth-order valence-electron chi connectivity index (χ4n) is 2.16. The highest BCUT2D eigenvalue weighted by molar-refractivity contribution is 7.99. The van der Waals surface area contributed by atoms with E-state index in [0.717, 1.165) is 30.8 Å². The fraction of sp³-hybridized carbons (Fsp3) is 0.900. The lowest BCUT2D eigenvalue weighted by Gasteiger charge is -2.26. The molecule has 82 valence electrons. The van der Waals surface area contributed by atoms with Crippen LogP contribution in [0.2, 0.25) is 0 Å². The van der Waals surface area contributed by atoms with E-state index in [1.807, 2.05) is 11.8 Å².